The van der Waals surface area contributed by atoms with E-state index in [4.69, 9.17) is 93.3 Å². The van der Waals surface area contributed by atoms with Gasteiger partial charge in [0.1, 0.15) is 87.7 Å². The number of hydrogen-bond donors (Lipinski definition) is 6. The largest absolute Gasteiger partial charge is 0.508 e. The van der Waals surface area contributed by atoms with E-state index in [9.17, 15) is 55.4 Å². The minimum atomic E-state index is -0.838. The molecule has 10 aromatic rings. The predicted octanol–water partition coefficient (Wildman–Crippen LogP) is 19.5. The number of pyridine rings is 5. The standard InChI is InChI=1S/C19H17BrFN3O2.C19H16Cl2FN3O2.C19H17ClFN3O3.C18H14Cl2FN3O2.C18H14ClF2N3O2/c1-3-26-19(25)15-11(2)23-18(17-14(21)5-4-10-22-17)24-16(15)12-6-8-13(20)9-7-12;1-3-27-19(26)15-10(2)24-18(17-13(20)5-4-8-23-17)25-16(15)12-7-6-11(22)9-14(12)21;1-3-27-19(26)15-10(2)23-18(17-14(21)5-4-8-22-17)24-16(15)12-7-6-11(25)9-13(12)20;1-9-14(18(25)26-2)15(11-6-5-10(21)8-13(11)20)24-17(23-9)16-12(19)4-3-7-22-16;1-9-15(18(25)26-2)16(12-5-3-10(20)7-13(12)19)24-17(23-9)14-6-4-11(21)8-22-14/h4-10,16H,3H2,1-2H3,(H,23,24);4-9,16H,3H2,1-2H3,(H,24,25);4-9,16,25H,3H2,1-2H3,(H,23,24);3-8,15H,1-2H3,(H,23,24);3-8,16H,1-2H3,(H,23,24). The van der Waals surface area contributed by atoms with Gasteiger partial charge in [-0.2, -0.15) is 0 Å². The zero-order chi connectivity index (χ0) is 95.5. The number of ether oxygens (including phenoxy) is 5. The summed E-state index contributed by atoms with van der Waals surface area (Å²) in [6.45, 7) is 14.3. The number of halogens is 13. The molecule has 132 heavy (non-hydrogen) atoms. The van der Waals surface area contributed by atoms with E-state index in [1.165, 1.54) is 124 Å². The van der Waals surface area contributed by atoms with Gasteiger partial charge in [0.2, 0.25) is 0 Å². The summed E-state index contributed by atoms with van der Waals surface area (Å²) < 4.78 is 108. The molecule has 5 aliphatic heterocycles. The van der Waals surface area contributed by atoms with E-state index in [-0.39, 0.29) is 85.4 Å². The number of aromatic nitrogens is 5. The highest BCUT2D eigenvalue weighted by molar-refractivity contribution is 9.10. The third-order valence-electron chi connectivity index (χ3n) is 19.6. The molecule has 6 N–H and O–H groups in total. The molecule has 5 aromatic heterocycles. The molecule has 0 amide bonds. The van der Waals surface area contributed by atoms with Gasteiger partial charge in [0.25, 0.3) is 0 Å². The second-order valence-electron chi connectivity index (χ2n) is 28.3. The van der Waals surface area contributed by atoms with Gasteiger partial charge in [-0.25, -0.2) is 65.3 Å². The number of rotatable bonds is 18. The normalized spacial score (nSPS) is 16.7. The van der Waals surface area contributed by atoms with E-state index in [2.05, 4.69) is 92.4 Å². The Hall–Kier alpha value is -13.2. The lowest BCUT2D eigenvalue weighted by Gasteiger charge is -2.26. The highest BCUT2D eigenvalue weighted by Gasteiger charge is 2.39. The van der Waals surface area contributed by atoms with Gasteiger partial charge in [-0.1, -0.05) is 122 Å². The number of allylic oxidation sites excluding steroid dienone is 5. The number of nitrogens with one attached hydrogen (secondary N) is 5. The van der Waals surface area contributed by atoms with E-state index in [1.54, 1.807) is 98.1 Å². The van der Waals surface area contributed by atoms with Crippen LogP contribution in [0, 0.1) is 34.9 Å². The molecule has 39 heteroatoms. The van der Waals surface area contributed by atoms with E-state index in [0.29, 0.717) is 107 Å². The summed E-state index contributed by atoms with van der Waals surface area (Å²) in [7, 11) is 2.54. The third-order valence-corrected chi connectivity index (χ3v) is 22.1. The first kappa shape index (κ1) is 99.4. The maximum absolute atomic E-state index is 14.2. The fourth-order valence-electron chi connectivity index (χ4n) is 13.6. The molecule has 15 rings (SSSR count). The Bertz CT molecular complexity index is 6310. The van der Waals surface area contributed by atoms with Gasteiger partial charge in [-0.05, 0) is 182 Å². The summed E-state index contributed by atoms with van der Waals surface area (Å²) in [6.07, 6.45) is 7.18. The van der Waals surface area contributed by atoms with Crippen molar-refractivity contribution in [1.29, 1.82) is 0 Å². The number of carbonyl (C=O) groups excluding carboxylic acids is 5. The molecule has 5 atom stereocenters. The molecule has 0 bridgehead atoms. The summed E-state index contributed by atoms with van der Waals surface area (Å²) in [5.74, 6) is -4.12. The van der Waals surface area contributed by atoms with E-state index < -0.39 is 95.0 Å². The van der Waals surface area contributed by atoms with Crippen LogP contribution in [0.1, 0.15) is 142 Å². The summed E-state index contributed by atoms with van der Waals surface area (Å²) in [5, 5.41) is 26.1. The zero-order valence-electron chi connectivity index (χ0n) is 71.3. The van der Waals surface area contributed by atoms with Crippen molar-refractivity contribution < 1.29 is 79.1 Å². The van der Waals surface area contributed by atoms with Crippen molar-refractivity contribution in [3.8, 4) is 5.75 Å². The van der Waals surface area contributed by atoms with Crippen molar-refractivity contribution >= 4 is 145 Å². The Morgan fingerprint density at radius 2 is 0.659 bits per heavy atom. The first-order valence-electron chi connectivity index (χ1n) is 39.8. The molecule has 0 aliphatic carbocycles. The van der Waals surface area contributed by atoms with Crippen molar-refractivity contribution in [3.63, 3.8) is 0 Å². The molecule has 5 unspecified atom stereocenters. The number of esters is 5. The number of aromatic hydroxyl groups is 1. The van der Waals surface area contributed by atoms with Gasteiger partial charge in [0.05, 0.1) is 78.1 Å². The molecule has 0 radical (unpaired) electrons. The van der Waals surface area contributed by atoms with Crippen LogP contribution < -0.4 is 26.6 Å². The van der Waals surface area contributed by atoms with Crippen LogP contribution in [0.5, 0.6) is 5.75 Å². The van der Waals surface area contributed by atoms with Crippen molar-refractivity contribution in [2.75, 3.05) is 34.0 Å². The first-order chi connectivity index (χ1) is 63.2. The SMILES string of the molecule is CCOC(=O)C1=C(C)NC(c2ncccc2Cl)=NC1c1ccc(F)cc1Cl.CCOC(=O)C1=C(C)NC(c2ncccc2F)=NC1c1ccc(Br)cc1.CCOC(=O)C1=C(C)NC(c2ncccc2F)=NC1c1ccc(O)cc1Cl.COC(=O)C1=C(C)NC(c2ccc(F)cn2)=NC1c1ccc(F)cc1Cl.COC(=O)C1=C(C)NC(c2ncccc2Cl)=NC1c1ccc(F)cc1Cl. The molecular weight excluding hydrogens is 1910 g/mol. The number of amidine groups is 5. The fraction of sp³-hybridized carbons (Fsp3) is 0.194. The van der Waals surface area contributed by atoms with Crippen molar-refractivity contribution in [2.24, 2.45) is 25.0 Å². The lowest BCUT2D eigenvalue weighted by atomic mass is 9.95. The zero-order valence-corrected chi connectivity index (χ0v) is 77.4. The van der Waals surface area contributed by atoms with Crippen molar-refractivity contribution in [2.45, 2.75) is 85.6 Å². The molecule has 0 spiro atoms. The topological polar surface area (TPSA) is 338 Å². The molecule has 0 saturated carbocycles. The summed E-state index contributed by atoms with van der Waals surface area (Å²) in [6, 6.07) is 34.8. The Labute approximate surface area is 791 Å². The number of phenolic OH excluding ortho intramolecular Hbond substituents is 1. The number of methoxy groups -OCH3 is 2. The molecule has 26 nitrogen and oxygen atoms in total. The Morgan fingerprint density at radius 1 is 0.356 bits per heavy atom. The quantitative estimate of drug-likeness (QED) is 0.0264. The number of hydrogen-bond acceptors (Lipinski definition) is 26. The number of nitrogens with zero attached hydrogens (tertiary/aromatic N) is 10. The lowest BCUT2D eigenvalue weighted by Crippen LogP contribution is -2.34. The van der Waals surface area contributed by atoms with Gasteiger partial charge in [0, 0.05) is 100 Å². The monoisotopic (exact) mass is 1980 g/mol. The maximum Gasteiger partial charge on any atom is 0.338 e. The van der Waals surface area contributed by atoms with Crippen LogP contribution in [0.25, 0.3) is 0 Å². The van der Waals surface area contributed by atoms with E-state index in [0.717, 1.165) is 22.3 Å². The number of benzene rings is 5. The van der Waals surface area contributed by atoms with Gasteiger partial charge in [0.15, 0.2) is 40.8 Å². The number of carbonyl (C=O) groups is 5. The minimum absolute atomic E-state index is 0.0176. The minimum Gasteiger partial charge on any atom is -0.508 e. The molecule has 0 saturated heterocycles. The van der Waals surface area contributed by atoms with Crippen LogP contribution in [-0.4, -0.2) is 123 Å². The van der Waals surface area contributed by atoms with Gasteiger partial charge < -0.3 is 55.4 Å². The maximum atomic E-state index is 14.2. The molecule has 682 valence electrons. The van der Waals surface area contributed by atoms with E-state index >= 15 is 0 Å². The van der Waals surface area contributed by atoms with Gasteiger partial charge in [-0.3, -0.25) is 34.9 Å². The third kappa shape index (κ3) is 24.0. The second-order valence-corrected chi connectivity index (χ2v) is 31.7. The highest BCUT2D eigenvalue weighted by Crippen LogP contribution is 2.43. The van der Waals surface area contributed by atoms with Gasteiger partial charge in [-0.15, -0.1) is 0 Å². The Balaban J connectivity index is 0.000000159. The van der Waals surface area contributed by atoms with Crippen LogP contribution in [-0.2, 0) is 47.7 Å². The Kier molecular flexibility index (Phi) is 34.3. The van der Waals surface area contributed by atoms with Crippen LogP contribution in [0.3, 0.4) is 0 Å². The smallest absolute Gasteiger partial charge is 0.338 e. The van der Waals surface area contributed by atoms with E-state index in [1.807, 2.05) is 24.3 Å². The summed E-state index contributed by atoms with van der Waals surface area (Å²) in [4.78, 5) is 105. The van der Waals surface area contributed by atoms with Crippen LogP contribution in [0.4, 0.5) is 26.3 Å². The highest BCUT2D eigenvalue weighted by atomic mass is 79.9. The summed E-state index contributed by atoms with van der Waals surface area (Å²) in [5.41, 5.74) is 8.07. The molecule has 0 fully saturated rings. The second kappa shape index (κ2) is 45.6. The van der Waals surface area contributed by atoms with Gasteiger partial charge >= 0.3 is 29.8 Å². The molecular formula is C93H78BrCl6F6N15O11. The lowest BCUT2D eigenvalue weighted by molar-refractivity contribution is -0.139. The number of phenols is 1. The average Bonchev–Trinajstić information content (AvgIpc) is 0.777. The molecule has 10 heterocycles. The van der Waals surface area contributed by atoms with Crippen LogP contribution >= 0.6 is 85.5 Å². The number of aliphatic imine (C=N–C) groups is 5. The van der Waals surface area contributed by atoms with Crippen molar-refractivity contribution in [3.05, 3.63) is 371 Å². The Morgan fingerprint density at radius 3 is 0.985 bits per heavy atom. The molecule has 5 aromatic carbocycles. The molecule has 5 aliphatic rings. The van der Waals surface area contributed by atoms with Crippen molar-refractivity contribution in [1.82, 2.24) is 51.5 Å². The predicted molar refractivity (Wildman–Crippen MR) is 492 cm³/mol. The van der Waals surface area contributed by atoms with Crippen LogP contribution in [0.15, 0.2) is 274 Å². The van der Waals surface area contributed by atoms with Crippen LogP contribution in [0.2, 0.25) is 30.1 Å². The first-order valence-corrected chi connectivity index (χ1v) is 42.8. The fourth-order valence-corrected chi connectivity index (χ4v) is 15.4. The average molecular weight is 1990 g/mol. The summed E-state index contributed by atoms with van der Waals surface area (Å²) >= 11 is 40.7.